The lowest BCUT2D eigenvalue weighted by Gasteiger charge is -2.07. The number of carbonyl (C=O) groups excluding carboxylic acids is 2. The number of halogens is 1. The molecule has 0 aliphatic heterocycles. The number of aromatic nitrogens is 1. The molecular weight excluding hydrogens is 372 g/mol. The average Bonchev–Trinajstić information content (AvgIpc) is 2.96. The molecule has 5 nitrogen and oxygen atoms in total. The second kappa shape index (κ2) is 7.43. The van der Waals surface area contributed by atoms with E-state index in [0.717, 1.165) is 21.3 Å². The van der Waals surface area contributed by atoms with Crippen molar-refractivity contribution < 1.29 is 14.3 Å². The lowest BCUT2D eigenvalue weighted by atomic mass is 10.1. The van der Waals surface area contributed by atoms with Crippen LogP contribution in [0.1, 0.15) is 21.5 Å². The highest BCUT2D eigenvalue weighted by atomic mass is 35.5. The standard InChI is InChI=1S/C19H17ClN2O3S/c1-11-6-4-5-7-13(11)18(24)21-19-22(10-16(23)25-3)17-12(2)14(20)8-9-15(17)26-19/h4-9H,10H2,1-3H3. The van der Waals surface area contributed by atoms with Crippen LogP contribution in [-0.4, -0.2) is 23.6 Å². The van der Waals surface area contributed by atoms with E-state index in [1.807, 2.05) is 32.0 Å². The van der Waals surface area contributed by atoms with Gasteiger partial charge < -0.3 is 9.30 Å². The number of nitrogens with zero attached hydrogens (tertiary/aromatic N) is 2. The molecule has 0 aliphatic carbocycles. The monoisotopic (exact) mass is 388 g/mol. The zero-order valence-corrected chi connectivity index (χ0v) is 16.1. The summed E-state index contributed by atoms with van der Waals surface area (Å²) in [7, 11) is 1.33. The fourth-order valence-electron chi connectivity index (χ4n) is 2.70. The molecule has 1 heterocycles. The fourth-order valence-corrected chi connectivity index (χ4v) is 3.94. The van der Waals surface area contributed by atoms with Crippen molar-refractivity contribution in [3.8, 4) is 0 Å². The zero-order valence-electron chi connectivity index (χ0n) is 14.6. The number of thiazole rings is 1. The van der Waals surface area contributed by atoms with Crippen LogP contribution in [0.3, 0.4) is 0 Å². The molecule has 1 aromatic heterocycles. The molecular formula is C19H17ClN2O3S. The topological polar surface area (TPSA) is 60.7 Å². The van der Waals surface area contributed by atoms with Gasteiger partial charge in [0.2, 0.25) is 0 Å². The number of ether oxygens (including phenoxy) is 1. The van der Waals surface area contributed by atoms with Gasteiger partial charge >= 0.3 is 5.97 Å². The van der Waals surface area contributed by atoms with Gasteiger partial charge in [-0.05, 0) is 43.2 Å². The van der Waals surface area contributed by atoms with Crippen LogP contribution in [-0.2, 0) is 16.1 Å². The van der Waals surface area contributed by atoms with Crippen LogP contribution in [0.4, 0.5) is 0 Å². The van der Waals surface area contributed by atoms with E-state index in [0.29, 0.717) is 15.4 Å². The van der Waals surface area contributed by atoms with E-state index in [1.54, 1.807) is 22.8 Å². The van der Waals surface area contributed by atoms with Crippen molar-refractivity contribution in [1.29, 1.82) is 0 Å². The second-order valence-corrected chi connectivity index (χ2v) is 7.21. The molecule has 0 saturated carbocycles. The molecule has 0 bridgehead atoms. The van der Waals surface area contributed by atoms with E-state index in [-0.39, 0.29) is 12.5 Å². The van der Waals surface area contributed by atoms with Crippen LogP contribution in [0.15, 0.2) is 41.4 Å². The predicted octanol–water partition coefficient (Wildman–Crippen LogP) is 3.89. The minimum absolute atomic E-state index is 0.0441. The summed E-state index contributed by atoms with van der Waals surface area (Å²) in [5.41, 5.74) is 2.99. The lowest BCUT2D eigenvalue weighted by molar-refractivity contribution is -0.141. The maximum atomic E-state index is 12.7. The first kappa shape index (κ1) is 18.4. The van der Waals surface area contributed by atoms with Crippen LogP contribution < -0.4 is 4.80 Å². The Bertz CT molecular complexity index is 1080. The van der Waals surface area contributed by atoms with Crippen molar-refractivity contribution in [3.05, 3.63) is 62.9 Å². The molecule has 134 valence electrons. The number of amides is 1. The van der Waals surface area contributed by atoms with Crippen molar-refractivity contribution in [2.75, 3.05) is 7.11 Å². The Morgan fingerprint density at radius 3 is 2.62 bits per heavy atom. The highest BCUT2D eigenvalue weighted by Gasteiger charge is 2.16. The highest BCUT2D eigenvalue weighted by molar-refractivity contribution is 7.16. The summed E-state index contributed by atoms with van der Waals surface area (Å²) in [5.74, 6) is -0.772. The number of carbonyl (C=O) groups is 2. The first-order valence-corrected chi connectivity index (χ1v) is 9.11. The number of rotatable bonds is 3. The molecule has 0 N–H and O–H groups in total. The number of hydrogen-bond donors (Lipinski definition) is 0. The Hall–Kier alpha value is -2.44. The third kappa shape index (κ3) is 3.43. The second-order valence-electron chi connectivity index (χ2n) is 5.80. The smallest absolute Gasteiger partial charge is 0.325 e. The molecule has 0 radical (unpaired) electrons. The van der Waals surface area contributed by atoms with E-state index in [2.05, 4.69) is 4.99 Å². The number of methoxy groups -OCH3 is 1. The molecule has 0 saturated heterocycles. The van der Waals surface area contributed by atoms with Gasteiger partial charge in [0.05, 0.1) is 17.3 Å². The Balaban J connectivity index is 2.23. The zero-order chi connectivity index (χ0) is 18.8. The van der Waals surface area contributed by atoms with Gasteiger partial charge in [-0.2, -0.15) is 4.99 Å². The van der Waals surface area contributed by atoms with Gasteiger partial charge in [-0.1, -0.05) is 41.1 Å². The Kier molecular flexibility index (Phi) is 5.25. The van der Waals surface area contributed by atoms with Crippen molar-refractivity contribution >= 4 is 45.0 Å². The summed E-state index contributed by atoms with van der Waals surface area (Å²) < 4.78 is 7.37. The van der Waals surface area contributed by atoms with E-state index >= 15 is 0 Å². The fraction of sp³-hybridized carbons (Fsp3) is 0.211. The minimum atomic E-state index is -0.422. The summed E-state index contributed by atoms with van der Waals surface area (Å²) in [4.78, 5) is 29.3. The molecule has 7 heteroatoms. The Morgan fingerprint density at radius 2 is 1.92 bits per heavy atom. The van der Waals surface area contributed by atoms with Gasteiger partial charge in [0, 0.05) is 10.6 Å². The minimum Gasteiger partial charge on any atom is -0.468 e. The maximum absolute atomic E-state index is 12.7. The number of aryl methyl sites for hydroxylation is 2. The third-order valence-electron chi connectivity index (χ3n) is 4.12. The molecule has 1 amide bonds. The normalized spacial score (nSPS) is 11.8. The maximum Gasteiger partial charge on any atom is 0.325 e. The number of hydrogen-bond acceptors (Lipinski definition) is 4. The molecule has 0 fully saturated rings. The van der Waals surface area contributed by atoms with Gasteiger partial charge in [0.1, 0.15) is 6.54 Å². The number of benzene rings is 2. The molecule has 0 aliphatic rings. The van der Waals surface area contributed by atoms with Gasteiger partial charge in [0.15, 0.2) is 4.80 Å². The van der Waals surface area contributed by atoms with E-state index in [1.165, 1.54) is 18.4 Å². The molecule has 3 rings (SSSR count). The summed E-state index contributed by atoms with van der Waals surface area (Å²) >= 11 is 7.58. The van der Waals surface area contributed by atoms with Gasteiger partial charge in [-0.3, -0.25) is 9.59 Å². The largest absolute Gasteiger partial charge is 0.468 e. The van der Waals surface area contributed by atoms with Crippen LogP contribution in [0, 0.1) is 13.8 Å². The summed E-state index contributed by atoms with van der Waals surface area (Å²) in [5, 5.41) is 0.589. The molecule has 0 spiro atoms. The SMILES string of the molecule is COC(=O)Cn1c(=NC(=O)c2ccccc2C)sc2ccc(Cl)c(C)c21. The number of fused-ring (bicyclic) bond motifs is 1. The van der Waals surface area contributed by atoms with Gasteiger partial charge in [0.25, 0.3) is 5.91 Å². The van der Waals surface area contributed by atoms with Gasteiger partial charge in [-0.25, -0.2) is 0 Å². The van der Waals surface area contributed by atoms with Crippen molar-refractivity contribution in [2.24, 2.45) is 4.99 Å². The van der Waals surface area contributed by atoms with Gasteiger partial charge in [-0.15, -0.1) is 0 Å². The highest BCUT2D eigenvalue weighted by Crippen LogP contribution is 2.27. The first-order valence-electron chi connectivity index (χ1n) is 7.92. The van der Waals surface area contributed by atoms with Crippen molar-refractivity contribution in [1.82, 2.24) is 4.57 Å². The number of esters is 1. The van der Waals surface area contributed by atoms with Crippen LogP contribution >= 0.6 is 22.9 Å². The third-order valence-corrected chi connectivity index (χ3v) is 5.57. The summed E-state index contributed by atoms with van der Waals surface area (Å²) in [6.45, 7) is 3.69. The van der Waals surface area contributed by atoms with Crippen LogP contribution in [0.5, 0.6) is 0 Å². The quantitative estimate of drug-likeness (QED) is 0.639. The molecule has 0 unspecified atom stereocenters. The van der Waals surface area contributed by atoms with E-state index in [9.17, 15) is 9.59 Å². The van der Waals surface area contributed by atoms with Crippen LogP contribution in [0.25, 0.3) is 10.2 Å². The van der Waals surface area contributed by atoms with Crippen molar-refractivity contribution in [2.45, 2.75) is 20.4 Å². The summed E-state index contributed by atoms with van der Waals surface area (Å²) in [6.07, 6.45) is 0. The van der Waals surface area contributed by atoms with E-state index < -0.39 is 5.97 Å². The summed E-state index contributed by atoms with van der Waals surface area (Å²) in [6, 6.07) is 10.9. The molecule has 26 heavy (non-hydrogen) atoms. The van der Waals surface area contributed by atoms with E-state index in [4.69, 9.17) is 16.3 Å². The first-order chi connectivity index (χ1) is 12.4. The molecule has 2 aromatic carbocycles. The Morgan fingerprint density at radius 1 is 1.19 bits per heavy atom. The Labute approximate surface area is 159 Å². The molecule has 3 aromatic rings. The molecule has 0 atom stereocenters. The van der Waals surface area contributed by atoms with Crippen molar-refractivity contribution in [3.63, 3.8) is 0 Å². The van der Waals surface area contributed by atoms with Crippen LogP contribution in [0.2, 0.25) is 5.02 Å². The lowest BCUT2D eigenvalue weighted by Crippen LogP contribution is -2.23. The average molecular weight is 389 g/mol. The predicted molar refractivity (Wildman–Crippen MR) is 103 cm³/mol.